The number of hydrogen-bond donors (Lipinski definition) is 1. The van der Waals surface area contributed by atoms with E-state index in [1.54, 1.807) is 53.3 Å². The zero-order valence-electron chi connectivity index (χ0n) is 17.2. The number of nitrogens with one attached hydrogen (secondary N) is 1. The van der Waals surface area contributed by atoms with Crippen LogP contribution in [0, 0.1) is 28.6 Å². The first-order chi connectivity index (χ1) is 15.0. The molecule has 2 atom stereocenters. The monoisotopic (exact) mass is 415 g/mol. The molecule has 0 radical (unpaired) electrons. The summed E-state index contributed by atoms with van der Waals surface area (Å²) in [5.74, 6) is 0.0770. The predicted octanol–water partition coefficient (Wildman–Crippen LogP) is 2.05. The summed E-state index contributed by atoms with van der Waals surface area (Å²) in [5, 5.41) is 16.8. The Morgan fingerprint density at radius 3 is 2.77 bits per heavy atom. The van der Waals surface area contributed by atoms with Crippen molar-refractivity contribution in [1.29, 1.82) is 5.26 Å². The second kappa shape index (κ2) is 6.87. The van der Waals surface area contributed by atoms with Gasteiger partial charge in [0.1, 0.15) is 16.6 Å². The molecule has 3 aromatic rings. The van der Waals surface area contributed by atoms with Crippen LogP contribution in [0.25, 0.3) is 16.8 Å². The van der Waals surface area contributed by atoms with Gasteiger partial charge >= 0.3 is 0 Å². The summed E-state index contributed by atoms with van der Waals surface area (Å²) in [6, 6.07) is 7.55. The molecule has 2 fully saturated rings. The number of carbonyl (C=O) groups is 2. The van der Waals surface area contributed by atoms with Gasteiger partial charge in [0.2, 0.25) is 5.91 Å². The number of carbonyl (C=O) groups excluding carboxylic acids is 2. The molecule has 0 unspecified atom stereocenters. The lowest BCUT2D eigenvalue weighted by Crippen LogP contribution is -2.37. The van der Waals surface area contributed by atoms with Gasteiger partial charge in [-0.25, -0.2) is 9.50 Å². The fraction of sp³-hybridized carbons (Fsp3) is 0.364. The number of amides is 2. The lowest BCUT2D eigenvalue weighted by Gasteiger charge is -2.23. The van der Waals surface area contributed by atoms with Crippen LogP contribution in [0.15, 0.2) is 36.8 Å². The molecule has 2 amide bonds. The summed E-state index contributed by atoms with van der Waals surface area (Å²) >= 11 is 0. The van der Waals surface area contributed by atoms with E-state index in [0.29, 0.717) is 34.8 Å². The van der Waals surface area contributed by atoms with Crippen LogP contribution in [-0.2, 0) is 4.79 Å². The summed E-state index contributed by atoms with van der Waals surface area (Å²) in [7, 11) is 1.55. The molecule has 1 saturated heterocycles. The molecule has 1 N–H and O–H groups in total. The van der Waals surface area contributed by atoms with Crippen molar-refractivity contribution < 1.29 is 9.59 Å². The number of aromatic nitrogens is 4. The van der Waals surface area contributed by atoms with E-state index in [1.807, 2.05) is 6.92 Å². The number of nitriles is 1. The van der Waals surface area contributed by atoms with Crippen molar-refractivity contribution in [2.24, 2.45) is 17.3 Å². The lowest BCUT2D eigenvalue weighted by atomic mass is 9.75. The molecule has 0 aromatic carbocycles. The molecule has 1 aliphatic carbocycles. The average Bonchev–Trinajstić information content (AvgIpc) is 3.47. The first-order valence-corrected chi connectivity index (χ1v) is 10.3. The van der Waals surface area contributed by atoms with Gasteiger partial charge in [0.25, 0.3) is 5.91 Å². The third kappa shape index (κ3) is 2.79. The highest BCUT2D eigenvalue weighted by Crippen LogP contribution is 2.54. The Balaban J connectivity index is 1.59. The quantitative estimate of drug-likeness (QED) is 0.697. The molecule has 1 saturated carbocycles. The van der Waals surface area contributed by atoms with Crippen molar-refractivity contribution in [1.82, 2.24) is 24.9 Å². The fourth-order valence-electron chi connectivity index (χ4n) is 4.54. The van der Waals surface area contributed by atoms with Crippen LogP contribution >= 0.6 is 0 Å². The number of fused-ring (bicyclic) bond motifs is 1. The molecule has 9 nitrogen and oxygen atoms in total. The average molecular weight is 415 g/mol. The highest BCUT2D eigenvalue weighted by Gasteiger charge is 2.61. The number of nitrogens with zero attached hydrogens (tertiary/aromatic N) is 6. The van der Waals surface area contributed by atoms with E-state index >= 15 is 0 Å². The molecule has 5 rings (SSSR count). The number of hydrogen-bond acceptors (Lipinski definition) is 6. The fourth-order valence-corrected chi connectivity index (χ4v) is 4.54. The zero-order chi connectivity index (χ0) is 21.8. The van der Waals surface area contributed by atoms with Gasteiger partial charge in [0.05, 0.1) is 24.2 Å². The van der Waals surface area contributed by atoms with Gasteiger partial charge < -0.3 is 5.32 Å². The third-order valence-electron chi connectivity index (χ3n) is 6.38. The Morgan fingerprint density at radius 1 is 1.32 bits per heavy atom. The Kier molecular flexibility index (Phi) is 4.25. The van der Waals surface area contributed by atoms with Crippen LogP contribution in [-0.4, -0.2) is 45.0 Å². The van der Waals surface area contributed by atoms with Crippen LogP contribution in [0.1, 0.15) is 30.3 Å². The molecule has 1 aliphatic heterocycles. The highest BCUT2D eigenvalue weighted by molar-refractivity contribution is 6.04. The van der Waals surface area contributed by atoms with Crippen LogP contribution in [0.3, 0.4) is 0 Å². The summed E-state index contributed by atoms with van der Waals surface area (Å²) < 4.78 is 1.67. The lowest BCUT2D eigenvalue weighted by molar-refractivity contribution is -0.124. The van der Waals surface area contributed by atoms with Gasteiger partial charge in [-0.05, 0) is 37.0 Å². The van der Waals surface area contributed by atoms with E-state index in [4.69, 9.17) is 4.98 Å². The Hall–Kier alpha value is -3.80. The first kappa shape index (κ1) is 19.2. The van der Waals surface area contributed by atoms with Gasteiger partial charge in [0.15, 0.2) is 5.82 Å². The van der Waals surface area contributed by atoms with E-state index in [0.717, 1.165) is 12.8 Å². The van der Waals surface area contributed by atoms with Crippen molar-refractivity contribution >= 4 is 23.1 Å². The minimum Gasteiger partial charge on any atom is -0.354 e. The first-order valence-electron chi connectivity index (χ1n) is 10.3. The molecule has 156 valence electrons. The van der Waals surface area contributed by atoms with E-state index in [9.17, 15) is 14.9 Å². The predicted molar refractivity (Wildman–Crippen MR) is 112 cm³/mol. The van der Waals surface area contributed by atoms with E-state index < -0.39 is 5.41 Å². The molecule has 2 aliphatic rings. The smallest absolute Gasteiger partial charge is 0.269 e. The second-order valence-corrected chi connectivity index (χ2v) is 8.19. The normalized spacial score (nSPS) is 23.2. The van der Waals surface area contributed by atoms with Gasteiger partial charge in [-0.3, -0.25) is 19.5 Å². The Bertz CT molecular complexity index is 1240. The minimum absolute atomic E-state index is 0.0839. The van der Waals surface area contributed by atoms with E-state index in [-0.39, 0.29) is 23.7 Å². The maximum atomic E-state index is 13.5. The number of pyridine rings is 1. The molecule has 31 heavy (non-hydrogen) atoms. The van der Waals surface area contributed by atoms with Crippen molar-refractivity contribution in [3.63, 3.8) is 0 Å². The van der Waals surface area contributed by atoms with Crippen LogP contribution < -0.4 is 10.2 Å². The summed E-state index contributed by atoms with van der Waals surface area (Å²) in [4.78, 5) is 35.9. The van der Waals surface area contributed by atoms with Gasteiger partial charge in [-0.2, -0.15) is 10.4 Å². The molecular weight excluding hydrogens is 394 g/mol. The Labute approximate surface area is 178 Å². The van der Waals surface area contributed by atoms with Crippen LogP contribution in [0.5, 0.6) is 0 Å². The van der Waals surface area contributed by atoms with Crippen LogP contribution in [0.4, 0.5) is 5.82 Å². The molecule has 9 heteroatoms. The van der Waals surface area contributed by atoms with Crippen molar-refractivity contribution in [3.05, 3.63) is 42.5 Å². The molecule has 0 spiro atoms. The maximum absolute atomic E-state index is 13.5. The third-order valence-corrected chi connectivity index (χ3v) is 6.38. The molecule has 3 aromatic heterocycles. The summed E-state index contributed by atoms with van der Waals surface area (Å²) in [6.45, 7) is 2.41. The molecule has 0 bridgehead atoms. The van der Waals surface area contributed by atoms with Crippen LogP contribution in [0.2, 0.25) is 0 Å². The number of anilines is 1. The largest absolute Gasteiger partial charge is 0.354 e. The van der Waals surface area contributed by atoms with E-state index in [1.165, 1.54) is 0 Å². The SMILES string of the molecule is CNC(=O)c1ccc(-c2cn3nccc3c(N3C[C@@H](C)[C@@](C#N)(C4CC4)C3=O)n2)cn1. The van der Waals surface area contributed by atoms with Crippen molar-refractivity contribution in [3.8, 4) is 17.3 Å². The topological polar surface area (TPSA) is 116 Å². The molecule has 4 heterocycles. The highest BCUT2D eigenvalue weighted by atomic mass is 16.2. The summed E-state index contributed by atoms with van der Waals surface area (Å²) in [5.41, 5.74) is 1.29. The van der Waals surface area contributed by atoms with Crippen molar-refractivity contribution in [2.75, 3.05) is 18.5 Å². The van der Waals surface area contributed by atoms with Gasteiger partial charge in [-0.1, -0.05) is 6.92 Å². The minimum atomic E-state index is -0.981. The Morgan fingerprint density at radius 2 is 2.13 bits per heavy atom. The van der Waals surface area contributed by atoms with Gasteiger partial charge in [-0.15, -0.1) is 0 Å². The zero-order valence-corrected chi connectivity index (χ0v) is 17.2. The number of rotatable bonds is 4. The standard InChI is InChI=1S/C22H21N7O2/c1-13-10-28(21(31)22(13,12-23)15-4-5-15)19-18-7-8-26-29(18)11-17(27-19)14-3-6-16(25-9-14)20(30)24-2/h3,6-9,11,13,15H,4-5,10H2,1-2H3,(H,24,30)/t13-,22+/m1/s1. The molecular formula is C22H21N7O2. The summed E-state index contributed by atoms with van der Waals surface area (Å²) in [6.07, 6.45) is 6.81. The van der Waals surface area contributed by atoms with Crippen molar-refractivity contribution in [2.45, 2.75) is 19.8 Å². The van der Waals surface area contributed by atoms with E-state index in [2.05, 4.69) is 21.5 Å². The second-order valence-electron chi connectivity index (χ2n) is 8.19. The van der Waals surface area contributed by atoms with Gasteiger partial charge in [0, 0.05) is 31.3 Å². The maximum Gasteiger partial charge on any atom is 0.269 e.